The van der Waals surface area contributed by atoms with Crippen molar-refractivity contribution in [2.45, 2.75) is 4.90 Å². The summed E-state index contributed by atoms with van der Waals surface area (Å²) in [5, 5.41) is 11.4. The molecule has 1 aliphatic rings. The zero-order valence-corrected chi connectivity index (χ0v) is 17.7. The highest BCUT2D eigenvalue weighted by atomic mass is 79.9. The summed E-state index contributed by atoms with van der Waals surface area (Å²) < 4.78 is 43.7. The minimum atomic E-state index is -3.84. The molecule has 3 rings (SSSR count). The Labute approximate surface area is 176 Å². The van der Waals surface area contributed by atoms with Gasteiger partial charge in [0.05, 0.1) is 23.0 Å². The Hall–Kier alpha value is -2.21. The lowest BCUT2D eigenvalue weighted by molar-refractivity contribution is -0.386. The summed E-state index contributed by atoms with van der Waals surface area (Å²) in [6, 6.07) is 10.9. The van der Waals surface area contributed by atoms with Gasteiger partial charge in [0, 0.05) is 23.6 Å². The normalized spacial score (nSPS) is 15.1. The fraction of sp³-hybridized carbons (Fsp3) is 0.333. The van der Waals surface area contributed by atoms with Crippen molar-refractivity contribution >= 4 is 31.6 Å². The first kappa shape index (κ1) is 21.5. The summed E-state index contributed by atoms with van der Waals surface area (Å²) in [5.74, 6) is 0.609. The zero-order valence-electron chi connectivity index (χ0n) is 15.3. The third kappa shape index (κ3) is 5.44. The van der Waals surface area contributed by atoms with Crippen molar-refractivity contribution < 1.29 is 27.6 Å². The first-order valence-corrected chi connectivity index (χ1v) is 11.0. The van der Waals surface area contributed by atoms with Gasteiger partial charge in [0.2, 0.25) is 10.0 Å². The molecule has 0 bridgehead atoms. The van der Waals surface area contributed by atoms with Gasteiger partial charge in [-0.05, 0) is 30.3 Å². The lowest BCUT2D eigenvalue weighted by Gasteiger charge is -2.26. The molecule has 156 valence electrons. The molecule has 2 aromatic rings. The number of ether oxygens (including phenoxy) is 3. The molecule has 1 heterocycles. The van der Waals surface area contributed by atoms with E-state index in [1.54, 1.807) is 12.1 Å². The van der Waals surface area contributed by atoms with Gasteiger partial charge in [0.25, 0.3) is 0 Å². The van der Waals surface area contributed by atoms with Gasteiger partial charge < -0.3 is 14.2 Å². The Balaban J connectivity index is 1.68. The van der Waals surface area contributed by atoms with E-state index in [1.165, 1.54) is 16.4 Å². The number of sulfonamides is 1. The minimum absolute atomic E-state index is 0.0197. The van der Waals surface area contributed by atoms with Crippen molar-refractivity contribution in [3.63, 3.8) is 0 Å². The maximum Gasteiger partial charge on any atom is 0.312 e. The summed E-state index contributed by atoms with van der Waals surface area (Å²) in [7, 11) is -3.84. The smallest absolute Gasteiger partial charge is 0.312 e. The zero-order chi connectivity index (χ0) is 20.9. The topological polar surface area (TPSA) is 108 Å². The number of halogens is 1. The Kier molecular flexibility index (Phi) is 7.06. The molecular formula is C18H19BrN2O7S. The van der Waals surface area contributed by atoms with E-state index < -0.39 is 20.6 Å². The number of nitrogens with zero attached hydrogens (tertiary/aromatic N) is 2. The number of benzene rings is 2. The van der Waals surface area contributed by atoms with E-state index in [9.17, 15) is 18.5 Å². The van der Waals surface area contributed by atoms with Gasteiger partial charge in [-0.2, -0.15) is 4.31 Å². The first-order chi connectivity index (χ1) is 13.9. The van der Waals surface area contributed by atoms with Crippen molar-refractivity contribution in [1.29, 1.82) is 0 Å². The number of rotatable bonds is 8. The average molecular weight is 487 g/mol. The van der Waals surface area contributed by atoms with Crippen molar-refractivity contribution in [1.82, 2.24) is 4.31 Å². The molecule has 0 saturated carbocycles. The summed E-state index contributed by atoms with van der Waals surface area (Å²) in [6.45, 7) is 1.23. The van der Waals surface area contributed by atoms with Gasteiger partial charge in [0.1, 0.15) is 19.0 Å². The number of morpholine rings is 1. The highest BCUT2D eigenvalue weighted by Crippen LogP contribution is 2.31. The first-order valence-electron chi connectivity index (χ1n) is 8.75. The molecule has 2 aromatic carbocycles. The number of nitro groups is 1. The Morgan fingerprint density at radius 3 is 2.52 bits per heavy atom. The van der Waals surface area contributed by atoms with Gasteiger partial charge in [-0.15, -0.1) is 0 Å². The molecule has 0 aliphatic carbocycles. The molecule has 0 amide bonds. The predicted molar refractivity (Wildman–Crippen MR) is 108 cm³/mol. The fourth-order valence-electron chi connectivity index (χ4n) is 2.73. The molecule has 1 fully saturated rings. The summed E-state index contributed by atoms with van der Waals surface area (Å²) in [4.78, 5) is 10.6. The maximum absolute atomic E-state index is 12.7. The fourth-order valence-corrected chi connectivity index (χ4v) is 4.53. The number of nitro benzene ring substituents is 1. The van der Waals surface area contributed by atoms with Crippen molar-refractivity contribution in [2.75, 3.05) is 39.5 Å². The molecule has 29 heavy (non-hydrogen) atoms. The van der Waals surface area contributed by atoms with Crippen LogP contribution in [0.1, 0.15) is 0 Å². The molecule has 0 N–H and O–H groups in total. The second-order valence-electron chi connectivity index (χ2n) is 6.06. The van der Waals surface area contributed by atoms with Crippen LogP contribution in [-0.2, 0) is 14.8 Å². The van der Waals surface area contributed by atoms with Crippen LogP contribution in [0, 0.1) is 10.1 Å². The Bertz CT molecular complexity index is 978. The monoisotopic (exact) mass is 486 g/mol. The van der Waals surface area contributed by atoms with Crippen LogP contribution in [-0.4, -0.2) is 57.2 Å². The quantitative estimate of drug-likeness (QED) is 0.320. The average Bonchev–Trinajstić information content (AvgIpc) is 2.72. The van der Waals surface area contributed by atoms with Gasteiger partial charge in [-0.3, -0.25) is 10.1 Å². The van der Waals surface area contributed by atoms with E-state index in [4.69, 9.17) is 14.2 Å². The molecule has 1 saturated heterocycles. The van der Waals surface area contributed by atoms with Crippen LogP contribution < -0.4 is 9.47 Å². The molecular weight excluding hydrogens is 468 g/mol. The van der Waals surface area contributed by atoms with Gasteiger partial charge in [-0.1, -0.05) is 22.0 Å². The second-order valence-corrected chi connectivity index (χ2v) is 8.91. The van der Waals surface area contributed by atoms with E-state index in [0.29, 0.717) is 19.0 Å². The molecule has 0 radical (unpaired) electrons. The third-order valence-electron chi connectivity index (χ3n) is 4.14. The van der Waals surface area contributed by atoms with E-state index >= 15 is 0 Å². The Morgan fingerprint density at radius 1 is 1.10 bits per heavy atom. The Morgan fingerprint density at radius 2 is 1.83 bits per heavy atom. The molecule has 0 aromatic heterocycles. The lowest BCUT2D eigenvalue weighted by atomic mass is 10.3. The molecule has 0 unspecified atom stereocenters. The van der Waals surface area contributed by atoms with E-state index in [1.807, 2.05) is 12.1 Å². The van der Waals surface area contributed by atoms with Crippen molar-refractivity contribution in [2.24, 2.45) is 0 Å². The van der Waals surface area contributed by atoms with Crippen molar-refractivity contribution in [3.05, 3.63) is 57.1 Å². The van der Waals surface area contributed by atoms with Crippen LogP contribution in [0.25, 0.3) is 0 Å². The molecule has 1 aliphatic heterocycles. The van der Waals surface area contributed by atoms with E-state index in [2.05, 4.69) is 15.9 Å². The standard InChI is InChI=1S/C18H19BrN2O7S/c19-14-2-1-3-15(12-14)27-10-11-28-18-5-4-16(13-17(18)21(22)23)29(24,25)20-6-8-26-9-7-20/h1-5,12-13H,6-11H2. The van der Waals surface area contributed by atoms with Crippen LogP contribution >= 0.6 is 15.9 Å². The summed E-state index contributed by atoms with van der Waals surface area (Å²) in [6.07, 6.45) is 0. The van der Waals surface area contributed by atoms with Gasteiger partial charge in [0.15, 0.2) is 5.75 Å². The minimum Gasteiger partial charge on any atom is -0.490 e. The van der Waals surface area contributed by atoms with Crippen LogP contribution in [0.15, 0.2) is 51.8 Å². The maximum atomic E-state index is 12.7. The van der Waals surface area contributed by atoms with E-state index in [0.717, 1.165) is 10.5 Å². The van der Waals surface area contributed by atoms with E-state index in [-0.39, 0.29) is 36.9 Å². The molecule has 0 atom stereocenters. The lowest BCUT2D eigenvalue weighted by Crippen LogP contribution is -2.40. The van der Waals surface area contributed by atoms with Gasteiger partial charge in [-0.25, -0.2) is 8.42 Å². The second kappa shape index (κ2) is 9.53. The number of hydrogen-bond acceptors (Lipinski definition) is 7. The largest absolute Gasteiger partial charge is 0.490 e. The molecule has 9 nitrogen and oxygen atoms in total. The van der Waals surface area contributed by atoms with Crippen LogP contribution in [0.3, 0.4) is 0 Å². The van der Waals surface area contributed by atoms with Crippen LogP contribution in [0.4, 0.5) is 5.69 Å². The summed E-state index contributed by atoms with van der Waals surface area (Å²) in [5.41, 5.74) is -0.415. The summed E-state index contributed by atoms with van der Waals surface area (Å²) >= 11 is 3.34. The van der Waals surface area contributed by atoms with Gasteiger partial charge >= 0.3 is 5.69 Å². The van der Waals surface area contributed by atoms with Crippen LogP contribution in [0.5, 0.6) is 11.5 Å². The number of hydrogen-bond donors (Lipinski definition) is 0. The molecule has 11 heteroatoms. The SMILES string of the molecule is O=[N+]([O-])c1cc(S(=O)(=O)N2CCOCC2)ccc1OCCOc1cccc(Br)c1. The van der Waals surface area contributed by atoms with Crippen molar-refractivity contribution in [3.8, 4) is 11.5 Å². The predicted octanol–water partition coefficient (Wildman–Crippen LogP) is 2.84. The highest BCUT2D eigenvalue weighted by Gasteiger charge is 2.29. The third-order valence-corrected chi connectivity index (χ3v) is 6.53. The highest BCUT2D eigenvalue weighted by molar-refractivity contribution is 9.10. The van der Waals surface area contributed by atoms with Crippen LogP contribution in [0.2, 0.25) is 0 Å². The molecule has 0 spiro atoms.